The zero-order valence-corrected chi connectivity index (χ0v) is 6.94. The third-order valence-electron chi connectivity index (χ3n) is 1.12. The van der Waals surface area contributed by atoms with E-state index in [-0.39, 0.29) is 0 Å². The smallest absolute Gasteiger partial charge is 0.0944 e. The van der Waals surface area contributed by atoms with Gasteiger partial charge in [-0.3, -0.25) is 0 Å². The van der Waals surface area contributed by atoms with Gasteiger partial charge < -0.3 is 0 Å². The van der Waals surface area contributed by atoms with Crippen molar-refractivity contribution in [3.05, 3.63) is 24.1 Å². The Bertz CT molecular complexity index is 101. The van der Waals surface area contributed by atoms with Crippen LogP contribution in [0.3, 0.4) is 0 Å². The van der Waals surface area contributed by atoms with Crippen molar-refractivity contribution >= 4 is 8.07 Å². The molecule has 0 rings (SSSR count). The van der Waals surface area contributed by atoms with Crippen LogP contribution >= 0.6 is 0 Å². The van der Waals surface area contributed by atoms with Crippen LogP contribution in [0.5, 0.6) is 0 Å². The lowest BCUT2D eigenvalue weighted by molar-refractivity contribution is 1.73. The van der Waals surface area contributed by atoms with Gasteiger partial charge in [0.1, 0.15) is 0 Å². The van der Waals surface area contributed by atoms with E-state index in [0.29, 0.717) is 0 Å². The Hall–Kier alpha value is -0.303. The summed E-state index contributed by atoms with van der Waals surface area (Å²) in [5.74, 6) is 0. The molecule has 0 aliphatic rings. The van der Waals surface area contributed by atoms with Gasteiger partial charge in [-0.15, -0.1) is 6.58 Å². The lowest BCUT2D eigenvalue weighted by atomic mass is 10.8. The molecule has 0 fully saturated rings. The van der Waals surface area contributed by atoms with Gasteiger partial charge >= 0.3 is 0 Å². The highest BCUT2D eigenvalue weighted by atomic mass is 28.3. The van der Waals surface area contributed by atoms with E-state index in [1.54, 1.807) is 0 Å². The van der Waals surface area contributed by atoms with E-state index in [0.717, 1.165) is 0 Å². The zero-order valence-electron chi connectivity index (χ0n) is 5.94. The molecule has 0 amide bonds. The lowest BCUT2D eigenvalue weighted by Crippen LogP contribution is -2.17. The van der Waals surface area contributed by atoms with Gasteiger partial charge in [0.25, 0.3) is 0 Å². The molecule has 0 saturated heterocycles. The summed E-state index contributed by atoms with van der Waals surface area (Å²) >= 11 is 0. The van der Waals surface area contributed by atoms with E-state index < -0.39 is 8.07 Å². The number of hydrogen-bond donors (Lipinski definition) is 0. The molecule has 0 unspecified atom stereocenters. The monoisotopic (exact) mass is 126 g/mol. The summed E-state index contributed by atoms with van der Waals surface area (Å²) in [6.07, 6.45) is 2.11. The predicted octanol–water partition coefficient (Wildman–Crippen LogP) is 2.54. The number of rotatable bonds is 2. The SMILES string of the molecule is C=C[Si](C)(C)/C=C/C. The summed E-state index contributed by atoms with van der Waals surface area (Å²) in [6, 6.07) is 0. The van der Waals surface area contributed by atoms with Crippen LogP contribution in [0.15, 0.2) is 24.1 Å². The molecule has 0 spiro atoms. The molecule has 0 radical (unpaired) electrons. The lowest BCUT2D eigenvalue weighted by Gasteiger charge is -2.08. The second-order valence-electron chi connectivity index (χ2n) is 2.53. The Morgan fingerprint density at radius 2 is 1.88 bits per heavy atom. The van der Waals surface area contributed by atoms with Crippen molar-refractivity contribution in [1.82, 2.24) is 0 Å². The molecule has 0 aromatic carbocycles. The van der Waals surface area contributed by atoms with Gasteiger partial charge in [-0.25, -0.2) is 0 Å². The second-order valence-corrected chi connectivity index (χ2v) is 6.91. The topological polar surface area (TPSA) is 0 Å². The third kappa shape index (κ3) is 2.80. The van der Waals surface area contributed by atoms with Crippen LogP contribution in [0.2, 0.25) is 13.1 Å². The number of hydrogen-bond acceptors (Lipinski definition) is 0. The van der Waals surface area contributed by atoms with Gasteiger partial charge in [0.15, 0.2) is 0 Å². The quantitative estimate of drug-likeness (QED) is 0.499. The van der Waals surface area contributed by atoms with Crippen LogP contribution in [0, 0.1) is 0 Å². The Morgan fingerprint density at radius 1 is 1.38 bits per heavy atom. The minimum atomic E-state index is -1.09. The van der Waals surface area contributed by atoms with Gasteiger partial charge in [0.05, 0.1) is 8.07 Å². The fraction of sp³-hybridized carbons (Fsp3) is 0.429. The minimum Gasteiger partial charge on any atom is -0.107 e. The molecule has 0 aliphatic carbocycles. The zero-order chi connectivity index (χ0) is 6.62. The molecule has 0 heterocycles. The molecule has 0 bridgehead atoms. The first-order valence-electron chi connectivity index (χ1n) is 2.90. The summed E-state index contributed by atoms with van der Waals surface area (Å²) in [5.41, 5.74) is 4.34. The minimum absolute atomic E-state index is 1.09. The summed E-state index contributed by atoms with van der Waals surface area (Å²) in [6.45, 7) is 10.3. The molecule has 0 aliphatic heterocycles. The predicted molar refractivity (Wildman–Crippen MR) is 42.5 cm³/mol. The molecule has 1 heteroatoms. The van der Waals surface area contributed by atoms with Gasteiger partial charge in [-0.2, -0.15) is 0 Å². The highest BCUT2D eigenvalue weighted by molar-refractivity contribution is 6.86. The molecule has 0 N–H and O–H groups in total. The summed E-state index contributed by atoms with van der Waals surface area (Å²) in [4.78, 5) is 0. The largest absolute Gasteiger partial charge is 0.107 e. The Kier molecular flexibility index (Phi) is 2.76. The first-order chi connectivity index (χ1) is 3.62. The van der Waals surface area contributed by atoms with Crippen molar-refractivity contribution < 1.29 is 0 Å². The van der Waals surface area contributed by atoms with E-state index in [9.17, 15) is 0 Å². The number of allylic oxidation sites excluding steroid dienone is 1. The van der Waals surface area contributed by atoms with E-state index in [1.807, 2.05) is 0 Å². The average Bonchev–Trinajstić information content (AvgIpc) is 1.67. The second kappa shape index (κ2) is 2.87. The maximum atomic E-state index is 3.76. The van der Waals surface area contributed by atoms with Crippen LogP contribution in [-0.4, -0.2) is 8.07 Å². The van der Waals surface area contributed by atoms with Crippen LogP contribution in [-0.2, 0) is 0 Å². The first-order valence-corrected chi connectivity index (χ1v) is 6.05. The molecule has 0 aromatic heterocycles. The van der Waals surface area contributed by atoms with Crippen LogP contribution in [0.25, 0.3) is 0 Å². The van der Waals surface area contributed by atoms with Gasteiger partial charge in [-0.05, 0) is 6.92 Å². The standard InChI is InChI=1S/C7H14Si/c1-5-7-8(3,4)6-2/h5-7H,2H2,1,3-4H3/b7-5+. The van der Waals surface area contributed by atoms with Crippen molar-refractivity contribution in [3.63, 3.8) is 0 Å². The maximum Gasteiger partial charge on any atom is 0.0944 e. The van der Waals surface area contributed by atoms with E-state index in [2.05, 4.69) is 44.1 Å². The van der Waals surface area contributed by atoms with Crippen LogP contribution < -0.4 is 0 Å². The molecule has 46 valence electrons. The maximum absolute atomic E-state index is 3.76. The molecule has 0 saturated carbocycles. The van der Waals surface area contributed by atoms with E-state index in [4.69, 9.17) is 0 Å². The molecular weight excluding hydrogens is 112 g/mol. The molecule has 8 heavy (non-hydrogen) atoms. The molecule has 0 nitrogen and oxygen atoms in total. The van der Waals surface area contributed by atoms with Gasteiger partial charge in [0, 0.05) is 0 Å². The van der Waals surface area contributed by atoms with E-state index >= 15 is 0 Å². The summed E-state index contributed by atoms with van der Waals surface area (Å²) in [7, 11) is -1.09. The molecular formula is C7H14Si. The normalized spacial score (nSPS) is 12.4. The van der Waals surface area contributed by atoms with E-state index in [1.165, 1.54) is 0 Å². The van der Waals surface area contributed by atoms with Crippen molar-refractivity contribution in [2.45, 2.75) is 20.0 Å². The fourth-order valence-corrected chi connectivity index (χ4v) is 1.49. The first kappa shape index (κ1) is 7.70. The van der Waals surface area contributed by atoms with Crippen LogP contribution in [0.1, 0.15) is 6.92 Å². The Balaban J connectivity index is 3.90. The third-order valence-corrected chi connectivity index (χ3v) is 3.37. The summed E-state index contributed by atoms with van der Waals surface area (Å²) in [5, 5.41) is 0. The molecule has 0 atom stereocenters. The van der Waals surface area contributed by atoms with Crippen molar-refractivity contribution in [3.8, 4) is 0 Å². The van der Waals surface area contributed by atoms with Gasteiger partial charge in [0.2, 0.25) is 0 Å². The van der Waals surface area contributed by atoms with Crippen molar-refractivity contribution in [2.24, 2.45) is 0 Å². The highest BCUT2D eigenvalue weighted by Gasteiger charge is 2.08. The molecule has 0 aromatic rings. The highest BCUT2D eigenvalue weighted by Crippen LogP contribution is 2.03. The van der Waals surface area contributed by atoms with Crippen LogP contribution in [0.4, 0.5) is 0 Å². The summed E-state index contributed by atoms with van der Waals surface area (Å²) < 4.78 is 0. The van der Waals surface area contributed by atoms with Crippen molar-refractivity contribution in [1.29, 1.82) is 0 Å². The fourth-order valence-electron chi connectivity index (χ4n) is 0.498. The average molecular weight is 126 g/mol. The Morgan fingerprint density at radius 3 is 2.00 bits per heavy atom. The van der Waals surface area contributed by atoms with Gasteiger partial charge in [-0.1, -0.05) is 30.6 Å². The Labute approximate surface area is 52.9 Å². The van der Waals surface area contributed by atoms with Crippen molar-refractivity contribution in [2.75, 3.05) is 0 Å².